The van der Waals surface area contributed by atoms with E-state index in [0.717, 1.165) is 22.5 Å². The Morgan fingerprint density at radius 3 is 2.46 bits per heavy atom. The molecule has 0 aliphatic heterocycles. The van der Waals surface area contributed by atoms with Gasteiger partial charge in [-0.3, -0.25) is 0 Å². The summed E-state index contributed by atoms with van der Waals surface area (Å²) in [4.78, 5) is 9.02. The van der Waals surface area contributed by atoms with Crippen molar-refractivity contribution in [3.8, 4) is 11.5 Å². The highest BCUT2D eigenvalue weighted by atomic mass is 35.5. The van der Waals surface area contributed by atoms with Gasteiger partial charge in [0.05, 0.1) is 14.2 Å². The van der Waals surface area contributed by atoms with E-state index in [1.54, 1.807) is 14.2 Å². The van der Waals surface area contributed by atoms with Crippen molar-refractivity contribution < 1.29 is 9.47 Å². The summed E-state index contributed by atoms with van der Waals surface area (Å²) in [6.45, 7) is 4.50. The molecule has 0 bridgehead atoms. The van der Waals surface area contributed by atoms with Crippen LogP contribution in [-0.4, -0.2) is 24.2 Å². The molecule has 0 saturated heterocycles. The zero-order valence-corrected chi connectivity index (χ0v) is 17.1. The van der Waals surface area contributed by atoms with Crippen LogP contribution in [0.15, 0.2) is 42.5 Å². The van der Waals surface area contributed by atoms with Gasteiger partial charge in [-0.05, 0) is 49.2 Å². The standard InChI is InChI=1S/C21H23ClN4O2/c1-13-5-7-16(22)11-17(13)25-20-9-14(2)24-21(26-20)23-12-15-6-8-18(27-3)19(10-15)28-4/h5-11H,12H2,1-4H3,(H2,23,24,25,26). The lowest BCUT2D eigenvalue weighted by Crippen LogP contribution is -2.07. The smallest absolute Gasteiger partial charge is 0.225 e. The Kier molecular flexibility index (Phi) is 6.21. The summed E-state index contributed by atoms with van der Waals surface area (Å²) in [5.74, 6) is 2.62. The van der Waals surface area contributed by atoms with Crippen LogP contribution in [0.4, 0.5) is 17.5 Å². The first kappa shape index (κ1) is 19.8. The van der Waals surface area contributed by atoms with Crippen molar-refractivity contribution in [2.24, 2.45) is 0 Å². The molecule has 146 valence electrons. The van der Waals surface area contributed by atoms with Crippen LogP contribution in [0.2, 0.25) is 5.02 Å². The second-order valence-corrected chi connectivity index (χ2v) is 6.78. The Morgan fingerprint density at radius 2 is 1.71 bits per heavy atom. The molecule has 3 rings (SSSR count). The fourth-order valence-electron chi connectivity index (χ4n) is 2.75. The maximum absolute atomic E-state index is 6.11. The molecule has 3 aromatic rings. The molecule has 2 aromatic carbocycles. The van der Waals surface area contributed by atoms with E-state index in [1.807, 2.05) is 56.3 Å². The molecule has 0 spiro atoms. The number of aromatic nitrogens is 2. The molecule has 6 nitrogen and oxygen atoms in total. The van der Waals surface area contributed by atoms with E-state index in [9.17, 15) is 0 Å². The predicted molar refractivity (Wildman–Crippen MR) is 113 cm³/mol. The van der Waals surface area contributed by atoms with E-state index in [0.29, 0.717) is 34.8 Å². The van der Waals surface area contributed by atoms with Gasteiger partial charge in [0.25, 0.3) is 0 Å². The zero-order chi connectivity index (χ0) is 20.1. The summed E-state index contributed by atoms with van der Waals surface area (Å²) in [6, 6.07) is 13.4. The summed E-state index contributed by atoms with van der Waals surface area (Å²) in [7, 11) is 3.24. The molecule has 1 heterocycles. The molecule has 1 aromatic heterocycles. The van der Waals surface area contributed by atoms with Crippen molar-refractivity contribution in [1.29, 1.82) is 0 Å². The molecule has 7 heteroatoms. The number of ether oxygens (including phenoxy) is 2. The third-order valence-corrected chi connectivity index (χ3v) is 4.45. The lowest BCUT2D eigenvalue weighted by atomic mass is 10.2. The summed E-state index contributed by atoms with van der Waals surface area (Å²) in [5, 5.41) is 7.24. The predicted octanol–water partition coefficient (Wildman–Crippen LogP) is 5.12. The number of nitrogens with zero attached hydrogens (tertiary/aromatic N) is 2. The van der Waals surface area contributed by atoms with Gasteiger partial charge in [-0.25, -0.2) is 4.98 Å². The fraction of sp³-hybridized carbons (Fsp3) is 0.238. The summed E-state index contributed by atoms with van der Waals surface area (Å²) in [5.41, 5.74) is 3.88. The number of hydrogen-bond donors (Lipinski definition) is 2. The SMILES string of the molecule is COc1ccc(CNc2nc(C)cc(Nc3cc(Cl)ccc3C)n2)cc1OC. The van der Waals surface area contributed by atoms with Crippen LogP contribution in [0.25, 0.3) is 0 Å². The highest BCUT2D eigenvalue weighted by molar-refractivity contribution is 6.30. The summed E-state index contributed by atoms with van der Waals surface area (Å²) in [6.07, 6.45) is 0. The number of nitrogens with one attached hydrogen (secondary N) is 2. The molecule has 28 heavy (non-hydrogen) atoms. The van der Waals surface area contributed by atoms with Crippen LogP contribution < -0.4 is 20.1 Å². The molecule has 0 aliphatic rings. The molecule has 2 N–H and O–H groups in total. The van der Waals surface area contributed by atoms with E-state index in [-0.39, 0.29) is 0 Å². The Hall–Kier alpha value is -2.99. The lowest BCUT2D eigenvalue weighted by Gasteiger charge is -2.13. The molecule has 0 unspecified atom stereocenters. The molecular formula is C21H23ClN4O2. The fourth-order valence-corrected chi connectivity index (χ4v) is 2.92. The Bertz CT molecular complexity index is 979. The van der Waals surface area contributed by atoms with E-state index in [4.69, 9.17) is 21.1 Å². The average Bonchev–Trinajstić information content (AvgIpc) is 2.68. The number of hydrogen-bond acceptors (Lipinski definition) is 6. The quantitative estimate of drug-likeness (QED) is 0.575. The third-order valence-electron chi connectivity index (χ3n) is 4.22. The van der Waals surface area contributed by atoms with E-state index >= 15 is 0 Å². The molecule has 0 fully saturated rings. The van der Waals surface area contributed by atoms with Gasteiger partial charge in [-0.15, -0.1) is 0 Å². The molecule has 0 amide bonds. The second kappa shape index (κ2) is 8.80. The van der Waals surface area contributed by atoms with Gasteiger partial charge in [0.2, 0.25) is 5.95 Å². The second-order valence-electron chi connectivity index (χ2n) is 6.35. The van der Waals surface area contributed by atoms with Crippen LogP contribution in [0, 0.1) is 13.8 Å². The van der Waals surface area contributed by atoms with Gasteiger partial charge in [-0.2, -0.15) is 4.98 Å². The monoisotopic (exact) mass is 398 g/mol. The van der Waals surface area contributed by atoms with Crippen LogP contribution in [0.1, 0.15) is 16.8 Å². The number of aryl methyl sites for hydroxylation is 2. The molecule has 0 aliphatic carbocycles. The maximum Gasteiger partial charge on any atom is 0.225 e. The van der Waals surface area contributed by atoms with Gasteiger partial charge in [0.1, 0.15) is 5.82 Å². The molecular weight excluding hydrogens is 376 g/mol. The first-order chi connectivity index (χ1) is 13.5. The van der Waals surface area contributed by atoms with Gasteiger partial charge >= 0.3 is 0 Å². The molecule has 0 radical (unpaired) electrons. The van der Waals surface area contributed by atoms with Crippen molar-refractivity contribution in [2.75, 3.05) is 24.9 Å². The van der Waals surface area contributed by atoms with Crippen molar-refractivity contribution >= 4 is 29.1 Å². The normalized spacial score (nSPS) is 10.5. The number of anilines is 3. The van der Waals surface area contributed by atoms with Crippen LogP contribution in [-0.2, 0) is 6.54 Å². The van der Waals surface area contributed by atoms with Crippen molar-refractivity contribution in [1.82, 2.24) is 9.97 Å². The van der Waals surface area contributed by atoms with Gasteiger partial charge in [0, 0.05) is 29.0 Å². The topological polar surface area (TPSA) is 68.3 Å². The van der Waals surface area contributed by atoms with Crippen molar-refractivity contribution in [3.63, 3.8) is 0 Å². The minimum atomic E-state index is 0.539. The van der Waals surface area contributed by atoms with Crippen LogP contribution in [0.5, 0.6) is 11.5 Å². The van der Waals surface area contributed by atoms with E-state index in [2.05, 4.69) is 20.6 Å². The third kappa shape index (κ3) is 4.84. The van der Waals surface area contributed by atoms with E-state index < -0.39 is 0 Å². The Morgan fingerprint density at radius 1 is 0.929 bits per heavy atom. The molecule has 0 atom stereocenters. The van der Waals surface area contributed by atoms with Gasteiger partial charge in [-0.1, -0.05) is 23.7 Å². The van der Waals surface area contributed by atoms with Crippen molar-refractivity contribution in [3.05, 3.63) is 64.3 Å². The Labute approximate surface area is 169 Å². The zero-order valence-electron chi connectivity index (χ0n) is 16.3. The minimum Gasteiger partial charge on any atom is -0.493 e. The largest absolute Gasteiger partial charge is 0.493 e. The molecule has 0 saturated carbocycles. The summed E-state index contributed by atoms with van der Waals surface area (Å²) >= 11 is 6.11. The first-order valence-corrected chi connectivity index (χ1v) is 9.20. The highest BCUT2D eigenvalue weighted by Gasteiger charge is 2.07. The highest BCUT2D eigenvalue weighted by Crippen LogP contribution is 2.28. The first-order valence-electron chi connectivity index (χ1n) is 8.82. The van der Waals surface area contributed by atoms with Gasteiger partial charge < -0.3 is 20.1 Å². The number of halogens is 1. The summed E-state index contributed by atoms with van der Waals surface area (Å²) < 4.78 is 10.6. The van der Waals surface area contributed by atoms with Crippen LogP contribution >= 0.6 is 11.6 Å². The number of rotatable bonds is 7. The lowest BCUT2D eigenvalue weighted by molar-refractivity contribution is 0.354. The van der Waals surface area contributed by atoms with E-state index in [1.165, 1.54) is 0 Å². The maximum atomic E-state index is 6.11. The number of methoxy groups -OCH3 is 2. The minimum absolute atomic E-state index is 0.539. The average molecular weight is 399 g/mol. The van der Waals surface area contributed by atoms with Crippen molar-refractivity contribution in [2.45, 2.75) is 20.4 Å². The Balaban J connectivity index is 1.75. The van der Waals surface area contributed by atoms with Crippen LogP contribution in [0.3, 0.4) is 0 Å². The van der Waals surface area contributed by atoms with Gasteiger partial charge in [0.15, 0.2) is 11.5 Å². The number of benzene rings is 2.